The van der Waals surface area contributed by atoms with Crippen molar-refractivity contribution in [2.45, 2.75) is 57.5 Å². The summed E-state index contributed by atoms with van der Waals surface area (Å²) in [7, 11) is 0. The standard InChI is InChI=1S/C18H21N5O2/c1-10-8-22(9-15-20-21-16(23(10)15)11-5-6-11)18(25)13-7-12-3-2-4-14(12)19-17(13)24/h7,10-11H,2-6,8-9H2,1H3,(H,19,24)/t10-/m0/s1. The molecule has 3 heterocycles. The summed E-state index contributed by atoms with van der Waals surface area (Å²) in [6.07, 6.45) is 5.22. The second-order valence-electron chi connectivity index (χ2n) is 7.52. The van der Waals surface area contributed by atoms with E-state index in [0.717, 1.165) is 42.2 Å². The predicted octanol–water partition coefficient (Wildman–Crippen LogP) is 1.55. The number of nitrogens with zero attached hydrogens (tertiary/aromatic N) is 4. The quantitative estimate of drug-likeness (QED) is 0.900. The Labute approximate surface area is 145 Å². The van der Waals surface area contributed by atoms with Crippen molar-refractivity contribution in [3.63, 3.8) is 0 Å². The lowest BCUT2D eigenvalue weighted by Gasteiger charge is -2.32. The van der Waals surface area contributed by atoms with Gasteiger partial charge in [-0.05, 0) is 50.7 Å². The number of carbonyl (C=O) groups is 1. The molecule has 7 nitrogen and oxygen atoms in total. The van der Waals surface area contributed by atoms with E-state index >= 15 is 0 Å². The van der Waals surface area contributed by atoms with Crippen LogP contribution in [0.1, 0.15) is 71.4 Å². The maximum atomic E-state index is 13.0. The number of aryl methyl sites for hydroxylation is 2. The largest absolute Gasteiger partial charge is 0.329 e. The van der Waals surface area contributed by atoms with Gasteiger partial charge in [0, 0.05) is 18.2 Å². The van der Waals surface area contributed by atoms with E-state index in [-0.39, 0.29) is 23.1 Å². The van der Waals surface area contributed by atoms with Gasteiger partial charge in [0.15, 0.2) is 5.82 Å². The molecule has 2 aromatic rings. The molecular weight excluding hydrogens is 318 g/mol. The van der Waals surface area contributed by atoms with Gasteiger partial charge in [0.25, 0.3) is 11.5 Å². The number of nitrogens with one attached hydrogen (secondary N) is 1. The molecule has 1 N–H and O–H groups in total. The van der Waals surface area contributed by atoms with Crippen LogP contribution >= 0.6 is 0 Å². The third-order valence-corrected chi connectivity index (χ3v) is 5.60. The van der Waals surface area contributed by atoms with Crippen molar-refractivity contribution in [2.24, 2.45) is 0 Å². The normalized spacial score (nSPS) is 22.0. The van der Waals surface area contributed by atoms with Gasteiger partial charge in [-0.2, -0.15) is 0 Å². The maximum absolute atomic E-state index is 13.0. The van der Waals surface area contributed by atoms with Gasteiger partial charge < -0.3 is 14.5 Å². The van der Waals surface area contributed by atoms with Crippen LogP contribution in [0.4, 0.5) is 0 Å². The SMILES string of the molecule is C[C@H]1CN(C(=O)c2cc3c([nH]c2=O)CCC3)Cc2nnc(C3CC3)n21. The molecule has 5 rings (SSSR count). The Hall–Kier alpha value is -2.44. The number of aromatic amines is 1. The van der Waals surface area contributed by atoms with Crippen LogP contribution in [0, 0.1) is 0 Å². The Morgan fingerprint density at radius 2 is 2.12 bits per heavy atom. The topological polar surface area (TPSA) is 83.9 Å². The first-order valence-electron chi connectivity index (χ1n) is 9.10. The molecule has 130 valence electrons. The average Bonchev–Trinajstić information content (AvgIpc) is 3.18. The van der Waals surface area contributed by atoms with Gasteiger partial charge in [-0.25, -0.2) is 0 Å². The molecule has 1 fully saturated rings. The summed E-state index contributed by atoms with van der Waals surface area (Å²) in [4.78, 5) is 30.0. The number of H-pyrrole nitrogens is 1. The van der Waals surface area contributed by atoms with E-state index in [4.69, 9.17) is 0 Å². The minimum absolute atomic E-state index is 0.131. The van der Waals surface area contributed by atoms with Crippen LogP contribution in [-0.2, 0) is 19.4 Å². The van der Waals surface area contributed by atoms with Gasteiger partial charge in [0.1, 0.15) is 11.4 Å². The molecule has 0 spiro atoms. The van der Waals surface area contributed by atoms with Gasteiger partial charge in [-0.15, -0.1) is 10.2 Å². The third kappa shape index (κ3) is 2.33. The zero-order chi connectivity index (χ0) is 17.1. The van der Waals surface area contributed by atoms with E-state index in [0.29, 0.717) is 19.0 Å². The molecule has 1 aliphatic heterocycles. The van der Waals surface area contributed by atoms with Crippen LogP contribution in [0.3, 0.4) is 0 Å². The molecule has 25 heavy (non-hydrogen) atoms. The Kier molecular flexibility index (Phi) is 3.14. The van der Waals surface area contributed by atoms with E-state index < -0.39 is 0 Å². The predicted molar refractivity (Wildman–Crippen MR) is 90.5 cm³/mol. The summed E-state index contributed by atoms with van der Waals surface area (Å²) in [6.45, 7) is 3.09. The molecule has 0 radical (unpaired) electrons. The van der Waals surface area contributed by atoms with Crippen molar-refractivity contribution in [1.82, 2.24) is 24.6 Å². The fraction of sp³-hybridized carbons (Fsp3) is 0.556. The van der Waals surface area contributed by atoms with Crippen molar-refractivity contribution < 1.29 is 4.79 Å². The Bertz CT molecular complexity index is 924. The van der Waals surface area contributed by atoms with Crippen LogP contribution in [0.15, 0.2) is 10.9 Å². The highest BCUT2D eigenvalue weighted by Crippen LogP contribution is 2.41. The van der Waals surface area contributed by atoms with Gasteiger partial charge >= 0.3 is 0 Å². The van der Waals surface area contributed by atoms with Crippen molar-refractivity contribution in [3.8, 4) is 0 Å². The van der Waals surface area contributed by atoms with Crippen LogP contribution in [0.25, 0.3) is 0 Å². The zero-order valence-corrected chi connectivity index (χ0v) is 14.3. The summed E-state index contributed by atoms with van der Waals surface area (Å²) in [5.41, 5.74) is 2.07. The first kappa shape index (κ1) is 14.9. The van der Waals surface area contributed by atoms with Crippen molar-refractivity contribution in [1.29, 1.82) is 0 Å². The molecule has 1 atom stereocenters. The maximum Gasteiger partial charge on any atom is 0.261 e. The van der Waals surface area contributed by atoms with E-state index in [2.05, 4.69) is 26.7 Å². The summed E-state index contributed by atoms with van der Waals surface area (Å²) in [6, 6.07) is 1.93. The Morgan fingerprint density at radius 3 is 2.92 bits per heavy atom. The molecule has 2 aliphatic carbocycles. The number of carbonyl (C=O) groups excluding carboxylic acids is 1. The van der Waals surface area contributed by atoms with Crippen LogP contribution in [0.2, 0.25) is 0 Å². The molecule has 0 unspecified atom stereocenters. The minimum Gasteiger partial charge on any atom is -0.329 e. The fourth-order valence-electron chi connectivity index (χ4n) is 4.18. The molecule has 2 aromatic heterocycles. The summed E-state index contributed by atoms with van der Waals surface area (Å²) in [5, 5.41) is 8.66. The van der Waals surface area contributed by atoms with E-state index in [1.54, 1.807) is 11.0 Å². The van der Waals surface area contributed by atoms with E-state index in [1.165, 1.54) is 12.8 Å². The molecule has 0 saturated heterocycles. The second-order valence-corrected chi connectivity index (χ2v) is 7.52. The Morgan fingerprint density at radius 1 is 1.28 bits per heavy atom. The van der Waals surface area contributed by atoms with Crippen molar-refractivity contribution in [2.75, 3.05) is 6.54 Å². The highest BCUT2D eigenvalue weighted by molar-refractivity contribution is 5.94. The number of hydrogen-bond acceptors (Lipinski definition) is 4. The molecule has 1 amide bonds. The highest BCUT2D eigenvalue weighted by Gasteiger charge is 2.36. The summed E-state index contributed by atoms with van der Waals surface area (Å²) in [5.74, 6) is 2.21. The molecule has 0 aromatic carbocycles. The molecule has 1 saturated carbocycles. The van der Waals surface area contributed by atoms with Crippen LogP contribution < -0.4 is 5.56 Å². The van der Waals surface area contributed by atoms with Crippen molar-refractivity contribution in [3.05, 3.63) is 44.9 Å². The number of hydrogen-bond donors (Lipinski definition) is 1. The lowest BCUT2D eigenvalue weighted by Crippen LogP contribution is -2.42. The fourth-order valence-corrected chi connectivity index (χ4v) is 4.18. The molecule has 7 heteroatoms. The second kappa shape index (κ2) is 5.28. The van der Waals surface area contributed by atoms with Crippen LogP contribution in [0.5, 0.6) is 0 Å². The van der Waals surface area contributed by atoms with Gasteiger partial charge in [-0.3, -0.25) is 9.59 Å². The number of rotatable bonds is 2. The lowest BCUT2D eigenvalue weighted by molar-refractivity contribution is 0.0677. The minimum atomic E-state index is -0.274. The Balaban J connectivity index is 1.46. The van der Waals surface area contributed by atoms with Gasteiger partial charge in [0.05, 0.1) is 12.6 Å². The van der Waals surface area contributed by atoms with Gasteiger partial charge in [-0.1, -0.05) is 0 Å². The lowest BCUT2D eigenvalue weighted by atomic mass is 10.1. The highest BCUT2D eigenvalue weighted by atomic mass is 16.2. The summed E-state index contributed by atoms with van der Waals surface area (Å²) >= 11 is 0. The molecule has 3 aliphatic rings. The smallest absolute Gasteiger partial charge is 0.261 e. The third-order valence-electron chi connectivity index (χ3n) is 5.60. The van der Waals surface area contributed by atoms with Gasteiger partial charge in [0.2, 0.25) is 0 Å². The number of fused-ring (bicyclic) bond motifs is 2. The van der Waals surface area contributed by atoms with Crippen LogP contribution in [-0.4, -0.2) is 37.1 Å². The number of pyridine rings is 1. The molecule has 0 bridgehead atoms. The van der Waals surface area contributed by atoms with Crippen molar-refractivity contribution >= 4 is 5.91 Å². The summed E-state index contributed by atoms with van der Waals surface area (Å²) < 4.78 is 2.19. The monoisotopic (exact) mass is 339 g/mol. The van der Waals surface area contributed by atoms with E-state index in [1.807, 2.05) is 0 Å². The average molecular weight is 339 g/mol. The number of aromatic nitrogens is 4. The first-order chi connectivity index (χ1) is 12.1. The first-order valence-corrected chi connectivity index (χ1v) is 9.10. The molecular formula is C18H21N5O2. The number of amides is 1. The van der Waals surface area contributed by atoms with E-state index in [9.17, 15) is 9.59 Å². The zero-order valence-electron chi connectivity index (χ0n) is 14.3.